The summed E-state index contributed by atoms with van der Waals surface area (Å²) in [5.41, 5.74) is 2.58. The van der Waals surface area contributed by atoms with E-state index < -0.39 is 15.9 Å². The van der Waals surface area contributed by atoms with Gasteiger partial charge in [0.05, 0.1) is 10.8 Å². The molecule has 2 aliphatic heterocycles. The Labute approximate surface area is 199 Å². The molecule has 176 valence electrons. The van der Waals surface area contributed by atoms with E-state index in [1.165, 1.54) is 11.2 Å². The van der Waals surface area contributed by atoms with E-state index in [4.69, 9.17) is 11.6 Å². The van der Waals surface area contributed by atoms with Crippen LogP contribution in [0.5, 0.6) is 0 Å². The Balaban J connectivity index is 1.45. The molecule has 2 aliphatic rings. The second-order valence-electron chi connectivity index (χ2n) is 8.61. The summed E-state index contributed by atoms with van der Waals surface area (Å²) in [7, 11) is -3.74. The molecule has 2 aromatic carbocycles. The summed E-state index contributed by atoms with van der Waals surface area (Å²) < 4.78 is 28.2. The number of amides is 2. The zero-order valence-corrected chi connectivity index (χ0v) is 20.2. The summed E-state index contributed by atoms with van der Waals surface area (Å²) in [4.78, 5) is 26.6. The van der Waals surface area contributed by atoms with Crippen LogP contribution < -0.4 is 10.2 Å². The maximum absolute atomic E-state index is 13.4. The Morgan fingerprint density at radius 3 is 2.58 bits per heavy atom. The molecule has 33 heavy (non-hydrogen) atoms. The standard InChI is InChI=1S/C24H28ClN3O4S/c1-17(29)28-13-3-4-19-14-22(10-11-23(19)28)33(31,32)27-12-2-5-20(16-27)24(30)26-15-18-6-8-21(25)9-7-18/h6-11,14,20H,2-5,12-13,15-16H2,1H3,(H,26,30)/t20-/m1/s1. The van der Waals surface area contributed by atoms with E-state index in [0.29, 0.717) is 37.5 Å². The number of anilines is 1. The lowest BCUT2D eigenvalue weighted by molar-refractivity contribution is -0.126. The molecule has 2 heterocycles. The lowest BCUT2D eigenvalue weighted by Crippen LogP contribution is -2.45. The zero-order valence-electron chi connectivity index (χ0n) is 18.6. The highest BCUT2D eigenvalue weighted by atomic mass is 35.5. The predicted octanol–water partition coefficient (Wildman–Crippen LogP) is 3.36. The Hall–Kier alpha value is -2.42. The predicted molar refractivity (Wildman–Crippen MR) is 128 cm³/mol. The van der Waals surface area contributed by atoms with Gasteiger partial charge >= 0.3 is 0 Å². The fourth-order valence-electron chi connectivity index (χ4n) is 4.52. The molecule has 0 unspecified atom stereocenters. The number of carbonyl (C=O) groups is 2. The van der Waals surface area contributed by atoms with Gasteiger partial charge in [0.15, 0.2) is 0 Å². The number of hydrogen-bond donors (Lipinski definition) is 1. The molecule has 0 bridgehead atoms. The minimum atomic E-state index is -3.74. The molecule has 1 fully saturated rings. The van der Waals surface area contributed by atoms with Crippen LogP contribution in [-0.2, 0) is 32.6 Å². The Bertz CT molecular complexity index is 1150. The van der Waals surface area contributed by atoms with Crippen molar-refractivity contribution in [2.75, 3.05) is 24.5 Å². The van der Waals surface area contributed by atoms with Gasteiger partial charge in [0.25, 0.3) is 0 Å². The monoisotopic (exact) mass is 489 g/mol. The molecule has 0 aliphatic carbocycles. The van der Waals surface area contributed by atoms with Gasteiger partial charge in [-0.3, -0.25) is 9.59 Å². The molecular weight excluding hydrogens is 462 g/mol. The van der Waals surface area contributed by atoms with Crippen LogP contribution >= 0.6 is 11.6 Å². The topological polar surface area (TPSA) is 86.8 Å². The van der Waals surface area contributed by atoms with Crippen LogP contribution in [0.25, 0.3) is 0 Å². The molecule has 0 radical (unpaired) electrons. The Morgan fingerprint density at radius 1 is 1.09 bits per heavy atom. The number of rotatable bonds is 5. The quantitative estimate of drug-likeness (QED) is 0.697. The van der Waals surface area contributed by atoms with Crippen molar-refractivity contribution in [1.82, 2.24) is 9.62 Å². The molecule has 4 rings (SSSR count). The van der Waals surface area contributed by atoms with Crippen LogP contribution in [0.15, 0.2) is 47.4 Å². The van der Waals surface area contributed by atoms with Crippen LogP contribution in [0.1, 0.15) is 37.3 Å². The number of nitrogens with zero attached hydrogens (tertiary/aromatic N) is 2. The highest BCUT2D eigenvalue weighted by Crippen LogP contribution is 2.31. The second-order valence-corrected chi connectivity index (χ2v) is 11.0. The van der Waals surface area contributed by atoms with Crippen molar-refractivity contribution in [3.63, 3.8) is 0 Å². The van der Waals surface area contributed by atoms with E-state index in [1.807, 2.05) is 12.1 Å². The molecular formula is C24H28ClN3O4S. The fourth-order valence-corrected chi connectivity index (χ4v) is 6.22. The van der Waals surface area contributed by atoms with Gasteiger partial charge in [0, 0.05) is 43.8 Å². The average Bonchev–Trinajstić information content (AvgIpc) is 2.82. The van der Waals surface area contributed by atoms with Crippen molar-refractivity contribution >= 4 is 39.1 Å². The molecule has 2 aromatic rings. The number of fused-ring (bicyclic) bond motifs is 1. The third-order valence-electron chi connectivity index (χ3n) is 6.32. The molecule has 9 heteroatoms. The SMILES string of the molecule is CC(=O)N1CCCc2cc(S(=O)(=O)N3CCC[C@@H](C(=O)NCc4ccc(Cl)cc4)C3)ccc21. The van der Waals surface area contributed by atoms with E-state index >= 15 is 0 Å². The third kappa shape index (κ3) is 5.23. The first-order valence-corrected chi connectivity index (χ1v) is 13.0. The number of benzene rings is 2. The molecule has 0 aromatic heterocycles. The number of sulfonamides is 1. The maximum Gasteiger partial charge on any atom is 0.243 e. The van der Waals surface area contributed by atoms with Crippen molar-refractivity contribution < 1.29 is 18.0 Å². The highest BCUT2D eigenvalue weighted by molar-refractivity contribution is 7.89. The molecule has 2 amide bonds. The number of halogens is 1. The molecule has 0 spiro atoms. The lowest BCUT2D eigenvalue weighted by Gasteiger charge is -2.32. The third-order valence-corrected chi connectivity index (χ3v) is 8.44. The van der Waals surface area contributed by atoms with E-state index in [0.717, 1.165) is 29.7 Å². The number of carbonyl (C=O) groups excluding carboxylic acids is 2. The van der Waals surface area contributed by atoms with Crippen LogP contribution in [0.2, 0.25) is 5.02 Å². The average molecular weight is 490 g/mol. The van der Waals surface area contributed by atoms with Crippen molar-refractivity contribution in [3.05, 3.63) is 58.6 Å². The van der Waals surface area contributed by atoms with Gasteiger partial charge in [-0.2, -0.15) is 4.31 Å². The van der Waals surface area contributed by atoms with Gasteiger partial charge in [-0.15, -0.1) is 0 Å². The highest BCUT2D eigenvalue weighted by Gasteiger charge is 2.34. The summed E-state index contributed by atoms with van der Waals surface area (Å²) in [6.07, 6.45) is 2.81. The van der Waals surface area contributed by atoms with Gasteiger partial charge in [0.2, 0.25) is 21.8 Å². The first kappa shape index (κ1) is 23.7. The normalized spacial score (nSPS) is 19.1. The van der Waals surface area contributed by atoms with Crippen molar-refractivity contribution in [2.24, 2.45) is 5.92 Å². The fraction of sp³-hybridized carbons (Fsp3) is 0.417. The van der Waals surface area contributed by atoms with Gasteiger partial charge in [-0.25, -0.2) is 8.42 Å². The van der Waals surface area contributed by atoms with Crippen molar-refractivity contribution in [3.8, 4) is 0 Å². The first-order chi connectivity index (χ1) is 15.8. The van der Waals surface area contributed by atoms with Gasteiger partial charge < -0.3 is 10.2 Å². The summed E-state index contributed by atoms with van der Waals surface area (Å²) in [6.45, 7) is 3.08. The van der Waals surface area contributed by atoms with Crippen molar-refractivity contribution in [1.29, 1.82) is 0 Å². The van der Waals surface area contributed by atoms with Gasteiger partial charge in [0.1, 0.15) is 0 Å². The summed E-state index contributed by atoms with van der Waals surface area (Å²) in [5, 5.41) is 3.55. The van der Waals surface area contributed by atoms with Gasteiger partial charge in [-0.05, 0) is 67.1 Å². The minimum absolute atomic E-state index is 0.0463. The van der Waals surface area contributed by atoms with Gasteiger partial charge in [-0.1, -0.05) is 23.7 Å². The molecule has 1 saturated heterocycles. The summed E-state index contributed by atoms with van der Waals surface area (Å²) in [5.74, 6) is -0.589. The number of hydrogen-bond acceptors (Lipinski definition) is 4. The molecule has 0 saturated carbocycles. The smallest absolute Gasteiger partial charge is 0.243 e. The molecule has 1 N–H and O–H groups in total. The van der Waals surface area contributed by atoms with Crippen LogP contribution in [0, 0.1) is 5.92 Å². The largest absolute Gasteiger partial charge is 0.352 e. The maximum atomic E-state index is 13.4. The van der Waals surface area contributed by atoms with Crippen LogP contribution in [0.4, 0.5) is 5.69 Å². The van der Waals surface area contributed by atoms with E-state index in [2.05, 4.69) is 5.32 Å². The summed E-state index contributed by atoms with van der Waals surface area (Å²) in [6, 6.07) is 12.2. The summed E-state index contributed by atoms with van der Waals surface area (Å²) >= 11 is 5.90. The Morgan fingerprint density at radius 2 is 1.85 bits per heavy atom. The van der Waals surface area contributed by atoms with Crippen LogP contribution in [0.3, 0.4) is 0 Å². The number of piperidine rings is 1. The Kier molecular flexibility index (Phi) is 7.07. The second kappa shape index (κ2) is 9.83. The molecule has 1 atom stereocenters. The number of aryl methyl sites for hydroxylation is 1. The van der Waals surface area contributed by atoms with E-state index in [1.54, 1.807) is 35.2 Å². The van der Waals surface area contributed by atoms with Crippen molar-refractivity contribution in [2.45, 2.75) is 44.0 Å². The van der Waals surface area contributed by atoms with E-state index in [9.17, 15) is 18.0 Å². The minimum Gasteiger partial charge on any atom is -0.352 e. The molecule has 7 nitrogen and oxygen atoms in total. The lowest BCUT2D eigenvalue weighted by atomic mass is 9.99. The van der Waals surface area contributed by atoms with E-state index in [-0.39, 0.29) is 23.3 Å². The first-order valence-electron chi connectivity index (χ1n) is 11.2. The zero-order chi connectivity index (χ0) is 23.6. The van der Waals surface area contributed by atoms with Crippen LogP contribution in [-0.4, -0.2) is 44.2 Å². The number of nitrogens with one attached hydrogen (secondary N) is 1.